The number of methoxy groups -OCH3 is 1. The summed E-state index contributed by atoms with van der Waals surface area (Å²) in [6.45, 7) is 9.06. The molecule has 0 radical (unpaired) electrons. The van der Waals surface area contributed by atoms with Crippen LogP contribution in [0.25, 0.3) is 0 Å². The highest BCUT2D eigenvalue weighted by Crippen LogP contribution is 2.26. The van der Waals surface area contributed by atoms with Crippen LogP contribution in [0.1, 0.15) is 31.9 Å². The van der Waals surface area contributed by atoms with E-state index in [0.29, 0.717) is 24.7 Å². The van der Waals surface area contributed by atoms with Crippen LogP contribution < -0.4 is 9.46 Å². The van der Waals surface area contributed by atoms with Gasteiger partial charge in [-0.2, -0.15) is 0 Å². The molecule has 0 atom stereocenters. The van der Waals surface area contributed by atoms with Gasteiger partial charge in [-0.25, -0.2) is 8.42 Å². The van der Waals surface area contributed by atoms with Gasteiger partial charge < -0.3 is 9.47 Å². The first kappa shape index (κ1) is 20.3. The first-order chi connectivity index (χ1) is 12.1. The van der Waals surface area contributed by atoms with Gasteiger partial charge in [0.05, 0.1) is 11.5 Å². The summed E-state index contributed by atoms with van der Waals surface area (Å²) in [6, 6.07) is 12.3. The van der Waals surface area contributed by atoms with Gasteiger partial charge in [0.1, 0.15) is 12.4 Å². The molecule has 0 bridgehead atoms. The molecule has 0 spiro atoms. The van der Waals surface area contributed by atoms with Crippen molar-refractivity contribution in [1.82, 2.24) is 0 Å². The van der Waals surface area contributed by atoms with Crippen molar-refractivity contribution < 1.29 is 17.9 Å². The zero-order chi connectivity index (χ0) is 19.4. The van der Waals surface area contributed by atoms with Gasteiger partial charge in [-0.1, -0.05) is 32.9 Å². The van der Waals surface area contributed by atoms with Gasteiger partial charge in [0, 0.05) is 12.8 Å². The number of ether oxygens (including phenoxy) is 2. The van der Waals surface area contributed by atoms with Crippen LogP contribution in [0.15, 0.2) is 47.4 Å². The molecule has 0 heterocycles. The largest absolute Gasteiger partial charge is 0.491 e. The number of benzene rings is 2. The van der Waals surface area contributed by atoms with Crippen molar-refractivity contribution >= 4 is 15.7 Å². The predicted octanol–water partition coefficient (Wildman–Crippen LogP) is 4.12. The second-order valence-electron chi connectivity index (χ2n) is 7.20. The summed E-state index contributed by atoms with van der Waals surface area (Å²) in [5, 5.41) is 0. The number of sulfonamides is 1. The van der Waals surface area contributed by atoms with Gasteiger partial charge >= 0.3 is 0 Å². The van der Waals surface area contributed by atoms with E-state index in [1.54, 1.807) is 37.4 Å². The molecule has 1 N–H and O–H groups in total. The predicted molar refractivity (Wildman–Crippen MR) is 105 cm³/mol. The molecule has 6 heteroatoms. The van der Waals surface area contributed by atoms with Gasteiger partial charge in [0.25, 0.3) is 10.0 Å². The molecule has 0 unspecified atom stereocenters. The Morgan fingerprint density at radius 2 is 1.65 bits per heavy atom. The van der Waals surface area contributed by atoms with E-state index >= 15 is 0 Å². The van der Waals surface area contributed by atoms with Gasteiger partial charge in [-0.15, -0.1) is 0 Å². The summed E-state index contributed by atoms with van der Waals surface area (Å²) in [5.74, 6) is 0.649. The molecular weight excluding hydrogens is 350 g/mol. The topological polar surface area (TPSA) is 64.6 Å². The van der Waals surface area contributed by atoms with E-state index < -0.39 is 10.0 Å². The molecule has 0 aliphatic carbocycles. The molecule has 0 saturated heterocycles. The van der Waals surface area contributed by atoms with Crippen LogP contribution in [-0.2, 0) is 20.2 Å². The Kier molecular flexibility index (Phi) is 6.31. The molecule has 5 nitrogen and oxygen atoms in total. The van der Waals surface area contributed by atoms with Crippen molar-refractivity contribution in [2.75, 3.05) is 25.0 Å². The highest BCUT2D eigenvalue weighted by atomic mass is 32.2. The number of rotatable bonds is 7. The Balaban J connectivity index is 2.15. The van der Waals surface area contributed by atoms with Gasteiger partial charge in [0.2, 0.25) is 0 Å². The van der Waals surface area contributed by atoms with Gasteiger partial charge in [0.15, 0.2) is 0 Å². The highest BCUT2D eigenvalue weighted by Gasteiger charge is 2.17. The van der Waals surface area contributed by atoms with Crippen molar-refractivity contribution in [2.45, 2.75) is 38.0 Å². The summed E-state index contributed by atoms with van der Waals surface area (Å²) in [5.41, 5.74) is 2.46. The Bertz CT molecular complexity index is 837. The summed E-state index contributed by atoms with van der Waals surface area (Å²) in [7, 11) is -2.05. The van der Waals surface area contributed by atoms with Crippen LogP contribution in [0.2, 0.25) is 0 Å². The summed E-state index contributed by atoms with van der Waals surface area (Å²) in [4.78, 5) is 0.203. The quantitative estimate of drug-likeness (QED) is 0.737. The molecule has 2 rings (SSSR count). The minimum atomic E-state index is -3.66. The average molecular weight is 378 g/mol. The van der Waals surface area contributed by atoms with Crippen LogP contribution in [0.4, 0.5) is 5.69 Å². The molecule has 2 aromatic rings. The Labute approximate surface area is 156 Å². The van der Waals surface area contributed by atoms with Crippen molar-refractivity contribution in [1.29, 1.82) is 0 Å². The van der Waals surface area contributed by atoms with Gasteiger partial charge in [-0.3, -0.25) is 4.72 Å². The summed E-state index contributed by atoms with van der Waals surface area (Å²) >= 11 is 0. The lowest BCUT2D eigenvalue weighted by Crippen LogP contribution is -2.14. The van der Waals surface area contributed by atoms with E-state index in [9.17, 15) is 8.42 Å². The SMILES string of the molecule is COCCOc1ccc(S(=O)(=O)Nc2ccc(C(C)(C)C)cc2)cc1C. The third kappa shape index (κ3) is 5.22. The molecule has 0 saturated carbocycles. The van der Waals surface area contributed by atoms with E-state index in [1.165, 1.54) is 0 Å². The summed E-state index contributed by atoms with van der Waals surface area (Å²) in [6.07, 6.45) is 0. The molecule has 142 valence electrons. The fraction of sp³-hybridized carbons (Fsp3) is 0.400. The summed E-state index contributed by atoms with van der Waals surface area (Å²) < 4.78 is 38.4. The van der Waals surface area contributed by atoms with Crippen LogP contribution in [-0.4, -0.2) is 28.7 Å². The lowest BCUT2D eigenvalue weighted by atomic mass is 9.87. The van der Waals surface area contributed by atoms with Crippen LogP contribution in [0.5, 0.6) is 5.75 Å². The maximum Gasteiger partial charge on any atom is 0.261 e. The van der Waals surface area contributed by atoms with Crippen molar-refractivity contribution in [3.8, 4) is 5.75 Å². The minimum absolute atomic E-state index is 0.0210. The maximum atomic E-state index is 12.6. The van der Waals surface area contributed by atoms with E-state index in [1.807, 2.05) is 19.1 Å². The number of hydrogen-bond acceptors (Lipinski definition) is 4. The van der Waals surface area contributed by atoms with E-state index in [-0.39, 0.29) is 10.3 Å². The fourth-order valence-electron chi connectivity index (χ4n) is 2.44. The third-order valence-electron chi connectivity index (χ3n) is 4.00. The first-order valence-corrected chi connectivity index (χ1v) is 9.97. The van der Waals surface area contributed by atoms with Crippen LogP contribution in [0, 0.1) is 6.92 Å². The molecule has 26 heavy (non-hydrogen) atoms. The fourth-order valence-corrected chi connectivity index (χ4v) is 3.58. The molecule has 0 fully saturated rings. The number of anilines is 1. The number of aryl methyl sites for hydroxylation is 1. The molecular formula is C20H27NO4S. The smallest absolute Gasteiger partial charge is 0.261 e. The molecule has 0 aliphatic heterocycles. The zero-order valence-electron chi connectivity index (χ0n) is 16.0. The van der Waals surface area contributed by atoms with E-state index in [0.717, 1.165) is 11.1 Å². The van der Waals surface area contributed by atoms with E-state index in [2.05, 4.69) is 25.5 Å². The number of hydrogen-bond donors (Lipinski definition) is 1. The molecule has 2 aromatic carbocycles. The van der Waals surface area contributed by atoms with Crippen molar-refractivity contribution in [2.24, 2.45) is 0 Å². The third-order valence-corrected chi connectivity index (χ3v) is 5.38. The highest BCUT2D eigenvalue weighted by molar-refractivity contribution is 7.92. The molecule has 0 aromatic heterocycles. The standard InChI is InChI=1S/C20H27NO4S/c1-15-14-18(10-11-19(15)25-13-12-24-5)26(22,23)21-17-8-6-16(7-9-17)20(2,3)4/h6-11,14,21H,12-13H2,1-5H3. The lowest BCUT2D eigenvalue weighted by molar-refractivity contribution is 0.146. The van der Waals surface area contributed by atoms with E-state index in [4.69, 9.17) is 9.47 Å². The monoisotopic (exact) mass is 377 g/mol. The lowest BCUT2D eigenvalue weighted by Gasteiger charge is -2.19. The maximum absolute atomic E-state index is 12.6. The molecule has 0 amide bonds. The Morgan fingerprint density at radius 1 is 1.00 bits per heavy atom. The normalized spacial score (nSPS) is 12.0. The molecule has 0 aliphatic rings. The zero-order valence-corrected chi connectivity index (χ0v) is 16.8. The Hall–Kier alpha value is -2.05. The minimum Gasteiger partial charge on any atom is -0.491 e. The van der Waals surface area contributed by atoms with Crippen LogP contribution >= 0.6 is 0 Å². The average Bonchev–Trinajstić information content (AvgIpc) is 2.55. The van der Waals surface area contributed by atoms with Crippen LogP contribution in [0.3, 0.4) is 0 Å². The Morgan fingerprint density at radius 3 is 2.19 bits per heavy atom. The first-order valence-electron chi connectivity index (χ1n) is 8.49. The van der Waals surface area contributed by atoms with Gasteiger partial charge in [-0.05, 0) is 53.8 Å². The van der Waals surface area contributed by atoms with Crippen molar-refractivity contribution in [3.63, 3.8) is 0 Å². The second-order valence-corrected chi connectivity index (χ2v) is 8.88. The number of nitrogens with one attached hydrogen (secondary N) is 1. The van der Waals surface area contributed by atoms with Crippen molar-refractivity contribution in [3.05, 3.63) is 53.6 Å². The second kappa shape index (κ2) is 8.10.